The van der Waals surface area contributed by atoms with E-state index in [-0.39, 0.29) is 0 Å². The van der Waals surface area contributed by atoms with Gasteiger partial charge in [0, 0.05) is 6.04 Å². The van der Waals surface area contributed by atoms with E-state index in [1.807, 2.05) is 0 Å². The molecule has 1 fully saturated rings. The topological polar surface area (TPSA) is 12.5 Å². The van der Waals surface area contributed by atoms with Crippen molar-refractivity contribution < 1.29 is 4.74 Å². The summed E-state index contributed by atoms with van der Waals surface area (Å²) in [5.74, 6) is 1.01. The van der Waals surface area contributed by atoms with Gasteiger partial charge in [0.15, 0.2) is 0 Å². The standard InChI is InChI=1S/C15H23NO/c1-12-8-10-13(11-9-12)17-15-7-5-4-6-14(15)16(2)3/h8-11,14-15H,4-7H2,1-3H3. The zero-order valence-corrected chi connectivity index (χ0v) is 11.1. The lowest BCUT2D eigenvalue weighted by atomic mass is 9.91. The molecule has 0 N–H and O–H groups in total. The van der Waals surface area contributed by atoms with Crippen LogP contribution in [0.15, 0.2) is 24.3 Å². The van der Waals surface area contributed by atoms with Crippen LogP contribution < -0.4 is 4.74 Å². The lowest BCUT2D eigenvalue weighted by Crippen LogP contribution is -2.44. The maximum atomic E-state index is 6.14. The molecule has 1 saturated carbocycles. The number of aryl methyl sites for hydroxylation is 1. The number of benzene rings is 1. The maximum Gasteiger partial charge on any atom is 0.119 e. The van der Waals surface area contributed by atoms with Gasteiger partial charge in [-0.1, -0.05) is 24.1 Å². The molecule has 0 saturated heterocycles. The molecule has 1 aliphatic rings. The molecule has 1 aromatic carbocycles. The van der Waals surface area contributed by atoms with Crippen LogP contribution in [0.1, 0.15) is 31.2 Å². The second-order valence-electron chi connectivity index (χ2n) is 5.28. The normalized spacial score (nSPS) is 24.9. The van der Waals surface area contributed by atoms with Gasteiger partial charge in [-0.3, -0.25) is 0 Å². The molecule has 1 aromatic rings. The first-order chi connectivity index (χ1) is 8.16. The Kier molecular flexibility index (Phi) is 4.06. The van der Waals surface area contributed by atoms with Gasteiger partial charge >= 0.3 is 0 Å². The number of rotatable bonds is 3. The highest BCUT2D eigenvalue weighted by atomic mass is 16.5. The van der Waals surface area contributed by atoms with Crippen LogP contribution in [-0.2, 0) is 0 Å². The molecule has 1 aliphatic carbocycles. The summed E-state index contributed by atoms with van der Waals surface area (Å²) in [6.07, 6.45) is 5.40. The van der Waals surface area contributed by atoms with Crippen LogP contribution in [0, 0.1) is 6.92 Å². The van der Waals surface area contributed by atoms with Crippen molar-refractivity contribution in [2.45, 2.75) is 44.8 Å². The molecule has 0 radical (unpaired) electrons. The van der Waals surface area contributed by atoms with Crippen molar-refractivity contribution in [2.24, 2.45) is 0 Å². The van der Waals surface area contributed by atoms with E-state index in [4.69, 9.17) is 4.74 Å². The average Bonchev–Trinajstić information content (AvgIpc) is 2.32. The van der Waals surface area contributed by atoms with E-state index in [0.717, 1.165) is 5.75 Å². The van der Waals surface area contributed by atoms with E-state index in [1.54, 1.807) is 0 Å². The van der Waals surface area contributed by atoms with E-state index in [0.29, 0.717) is 12.1 Å². The zero-order valence-electron chi connectivity index (χ0n) is 11.1. The molecule has 0 aromatic heterocycles. The third-order valence-electron chi connectivity index (χ3n) is 3.64. The molecule has 2 unspecified atom stereocenters. The van der Waals surface area contributed by atoms with Crippen LogP contribution in [-0.4, -0.2) is 31.1 Å². The molecule has 2 nitrogen and oxygen atoms in total. The van der Waals surface area contributed by atoms with Gasteiger partial charge in [-0.25, -0.2) is 0 Å². The monoisotopic (exact) mass is 233 g/mol. The Hall–Kier alpha value is -1.02. The van der Waals surface area contributed by atoms with Crippen molar-refractivity contribution in [3.63, 3.8) is 0 Å². The molecule has 94 valence electrons. The summed E-state index contributed by atoms with van der Waals surface area (Å²) in [6.45, 7) is 2.10. The maximum absolute atomic E-state index is 6.14. The predicted octanol–water partition coefficient (Wildman–Crippen LogP) is 3.25. The molecule has 2 heteroatoms. The van der Waals surface area contributed by atoms with Crippen LogP contribution in [0.2, 0.25) is 0 Å². The van der Waals surface area contributed by atoms with Crippen LogP contribution in [0.3, 0.4) is 0 Å². The third-order valence-corrected chi connectivity index (χ3v) is 3.64. The van der Waals surface area contributed by atoms with Crippen molar-refractivity contribution in [1.82, 2.24) is 4.90 Å². The minimum atomic E-state index is 0.349. The van der Waals surface area contributed by atoms with Crippen molar-refractivity contribution in [1.29, 1.82) is 0 Å². The first-order valence-corrected chi connectivity index (χ1v) is 6.56. The number of likely N-dealkylation sites (N-methyl/N-ethyl adjacent to an activating group) is 1. The third kappa shape index (κ3) is 3.22. The Morgan fingerprint density at radius 1 is 1.06 bits per heavy atom. The molecule has 0 heterocycles. The quantitative estimate of drug-likeness (QED) is 0.794. The average molecular weight is 233 g/mol. The van der Waals surface area contributed by atoms with E-state index in [1.165, 1.54) is 31.2 Å². The SMILES string of the molecule is Cc1ccc(OC2CCCCC2N(C)C)cc1. The van der Waals surface area contributed by atoms with Crippen molar-refractivity contribution in [2.75, 3.05) is 14.1 Å². The minimum Gasteiger partial charge on any atom is -0.489 e. The lowest BCUT2D eigenvalue weighted by Gasteiger charge is -2.36. The Morgan fingerprint density at radius 3 is 2.35 bits per heavy atom. The van der Waals surface area contributed by atoms with Crippen LogP contribution in [0.5, 0.6) is 5.75 Å². The molecule has 0 amide bonds. The van der Waals surface area contributed by atoms with Crippen molar-refractivity contribution in [3.8, 4) is 5.75 Å². The van der Waals surface area contributed by atoms with Crippen LogP contribution in [0.25, 0.3) is 0 Å². The van der Waals surface area contributed by atoms with E-state index < -0.39 is 0 Å². The number of hydrogen-bond acceptors (Lipinski definition) is 2. The molecule has 0 bridgehead atoms. The second-order valence-corrected chi connectivity index (χ2v) is 5.28. The van der Waals surface area contributed by atoms with Gasteiger partial charge in [-0.15, -0.1) is 0 Å². The van der Waals surface area contributed by atoms with Gasteiger partial charge in [0.05, 0.1) is 0 Å². The molecule has 2 rings (SSSR count). The van der Waals surface area contributed by atoms with E-state index >= 15 is 0 Å². The van der Waals surface area contributed by atoms with Gasteiger partial charge in [0.1, 0.15) is 11.9 Å². The zero-order chi connectivity index (χ0) is 12.3. The van der Waals surface area contributed by atoms with Crippen LogP contribution in [0.4, 0.5) is 0 Å². The Balaban J connectivity index is 2.02. The second kappa shape index (κ2) is 5.54. The lowest BCUT2D eigenvalue weighted by molar-refractivity contribution is 0.0623. The fourth-order valence-electron chi connectivity index (χ4n) is 2.60. The molecule has 17 heavy (non-hydrogen) atoms. The summed E-state index contributed by atoms with van der Waals surface area (Å²) in [7, 11) is 4.31. The van der Waals surface area contributed by atoms with Crippen LogP contribution >= 0.6 is 0 Å². The van der Waals surface area contributed by atoms with Crippen molar-refractivity contribution >= 4 is 0 Å². The first-order valence-electron chi connectivity index (χ1n) is 6.56. The predicted molar refractivity (Wildman–Crippen MR) is 71.5 cm³/mol. The highest BCUT2D eigenvalue weighted by molar-refractivity contribution is 5.26. The molecular weight excluding hydrogens is 210 g/mol. The van der Waals surface area contributed by atoms with E-state index in [9.17, 15) is 0 Å². The Bertz CT molecular complexity index is 344. The number of hydrogen-bond donors (Lipinski definition) is 0. The van der Waals surface area contributed by atoms with Gasteiger partial charge < -0.3 is 9.64 Å². The smallest absolute Gasteiger partial charge is 0.119 e. The van der Waals surface area contributed by atoms with Gasteiger partial charge in [0.25, 0.3) is 0 Å². The Labute approximate surface area is 105 Å². The van der Waals surface area contributed by atoms with Gasteiger partial charge in [0.2, 0.25) is 0 Å². The summed E-state index contributed by atoms with van der Waals surface area (Å²) in [6, 6.07) is 8.95. The molecule has 0 aliphatic heterocycles. The Morgan fingerprint density at radius 2 is 1.71 bits per heavy atom. The molecule has 0 spiro atoms. The van der Waals surface area contributed by atoms with Gasteiger partial charge in [-0.2, -0.15) is 0 Å². The molecular formula is C15H23NO. The fourth-order valence-corrected chi connectivity index (χ4v) is 2.60. The minimum absolute atomic E-state index is 0.349. The summed E-state index contributed by atoms with van der Waals surface area (Å²) in [5, 5.41) is 0. The highest BCUT2D eigenvalue weighted by Gasteiger charge is 2.28. The fraction of sp³-hybridized carbons (Fsp3) is 0.600. The molecule has 2 atom stereocenters. The number of ether oxygens (including phenoxy) is 1. The van der Waals surface area contributed by atoms with Crippen molar-refractivity contribution in [3.05, 3.63) is 29.8 Å². The first kappa shape index (κ1) is 12.4. The van der Waals surface area contributed by atoms with Gasteiger partial charge in [-0.05, 0) is 52.4 Å². The summed E-state index contributed by atoms with van der Waals surface area (Å²) in [5.41, 5.74) is 1.28. The number of nitrogens with zero attached hydrogens (tertiary/aromatic N) is 1. The van der Waals surface area contributed by atoms with E-state index in [2.05, 4.69) is 50.2 Å². The largest absolute Gasteiger partial charge is 0.489 e. The summed E-state index contributed by atoms with van der Waals surface area (Å²) < 4.78 is 6.14. The highest BCUT2D eigenvalue weighted by Crippen LogP contribution is 2.26. The summed E-state index contributed by atoms with van der Waals surface area (Å²) >= 11 is 0. The summed E-state index contributed by atoms with van der Waals surface area (Å²) in [4.78, 5) is 2.30.